The fourth-order valence-corrected chi connectivity index (χ4v) is 2.46. The monoisotopic (exact) mass is 315 g/mol. The minimum Gasteiger partial charge on any atom is -0.293 e. The third kappa shape index (κ3) is 5.43. The van der Waals surface area contributed by atoms with E-state index in [2.05, 4.69) is 25.7 Å². The number of halogens is 2. The molecule has 0 aliphatic carbocycles. The maximum atomic E-state index is 12.4. The van der Waals surface area contributed by atoms with Gasteiger partial charge >= 0.3 is 0 Å². The van der Waals surface area contributed by atoms with E-state index in [1.807, 2.05) is 0 Å². The molecule has 0 heterocycles. The van der Waals surface area contributed by atoms with Gasteiger partial charge in [0, 0.05) is 16.6 Å². The summed E-state index contributed by atoms with van der Waals surface area (Å²) < 4.78 is 0. The van der Waals surface area contributed by atoms with E-state index in [0.717, 1.165) is 13.0 Å². The Labute approximate surface area is 132 Å². The standard InChI is InChI=1S/C16H23Cl2NO/c1-4-5-6-9-19(12(2)3)11-16(20)14-10-13(17)7-8-15(14)18/h7-8,10,12H,4-6,9,11H2,1-3H3. The Hall–Kier alpha value is -0.570. The highest BCUT2D eigenvalue weighted by Gasteiger charge is 2.17. The average Bonchev–Trinajstić information content (AvgIpc) is 2.40. The molecule has 0 saturated carbocycles. The zero-order valence-electron chi connectivity index (χ0n) is 12.5. The van der Waals surface area contributed by atoms with Crippen LogP contribution in [0, 0.1) is 0 Å². The molecule has 112 valence electrons. The van der Waals surface area contributed by atoms with E-state index >= 15 is 0 Å². The average molecular weight is 316 g/mol. The van der Waals surface area contributed by atoms with Crippen molar-refractivity contribution in [3.8, 4) is 0 Å². The number of carbonyl (C=O) groups excluding carboxylic acids is 1. The number of hydrogen-bond acceptors (Lipinski definition) is 2. The van der Waals surface area contributed by atoms with Crippen LogP contribution in [-0.2, 0) is 0 Å². The van der Waals surface area contributed by atoms with Crippen molar-refractivity contribution in [1.29, 1.82) is 0 Å². The van der Waals surface area contributed by atoms with Gasteiger partial charge in [0.05, 0.1) is 11.6 Å². The summed E-state index contributed by atoms with van der Waals surface area (Å²) in [6.07, 6.45) is 3.49. The molecule has 1 aromatic rings. The molecule has 0 aromatic heterocycles. The second-order valence-corrected chi connectivity index (χ2v) is 6.16. The van der Waals surface area contributed by atoms with Gasteiger partial charge in [-0.1, -0.05) is 43.0 Å². The van der Waals surface area contributed by atoms with Crippen molar-refractivity contribution < 1.29 is 4.79 Å². The minimum atomic E-state index is 0.0303. The highest BCUT2D eigenvalue weighted by atomic mass is 35.5. The number of carbonyl (C=O) groups is 1. The van der Waals surface area contributed by atoms with Gasteiger partial charge < -0.3 is 0 Å². The molecule has 0 fully saturated rings. The summed E-state index contributed by atoms with van der Waals surface area (Å²) in [4.78, 5) is 14.6. The highest BCUT2D eigenvalue weighted by molar-refractivity contribution is 6.36. The zero-order chi connectivity index (χ0) is 15.1. The van der Waals surface area contributed by atoms with Gasteiger partial charge in [0.2, 0.25) is 0 Å². The van der Waals surface area contributed by atoms with Crippen LogP contribution in [0.25, 0.3) is 0 Å². The molecular weight excluding hydrogens is 293 g/mol. The quantitative estimate of drug-likeness (QED) is 0.492. The van der Waals surface area contributed by atoms with E-state index in [-0.39, 0.29) is 5.78 Å². The predicted molar refractivity (Wildman–Crippen MR) is 87.0 cm³/mol. The Kier molecular flexibility index (Phi) is 7.57. The molecule has 0 N–H and O–H groups in total. The lowest BCUT2D eigenvalue weighted by Crippen LogP contribution is -2.36. The van der Waals surface area contributed by atoms with E-state index < -0.39 is 0 Å². The number of nitrogens with zero attached hydrogens (tertiary/aromatic N) is 1. The topological polar surface area (TPSA) is 20.3 Å². The second-order valence-electron chi connectivity index (χ2n) is 5.32. The Morgan fingerprint density at radius 1 is 1.25 bits per heavy atom. The van der Waals surface area contributed by atoms with E-state index in [1.165, 1.54) is 12.8 Å². The van der Waals surface area contributed by atoms with E-state index in [1.54, 1.807) is 18.2 Å². The van der Waals surface area contributed by atoms with E-state index in [4.69, 9.17) is 23.2 Å². The molecule has 0 aliphatic heterocycles. The van der Waals surface area contributed by atoms with Gasteiger partial charge in [-0.3, -0.25) is 9.69 Å². The van der Waals surface area contributed by atoms with Crippen LogP contribution in [-0.4, -0.2) is 29.8 Å². The molecule has 1 rings (SSSR count). The molecule has 4 heteroatoms. The van der Waals surface area contributed by atoms with Gasteiger partial charge in [-0.25, -0.2) is 0 Å². The number of ketones is 1. The number of benzene rings is 1. The van der Waals surface area contributed by atoms with Gasteiger partial charge in [-0.2, -0.15) is 0 Å². The lowest BCUT2D eigenvalue weighted by Gasteiger charge is -2.25. The lowest BCUT2D eigenvalue weighted by atomic mass is 10.1. The van der Waals surface area contributed by atoms with Crippen molar-refractivity contribution in [2.75, 3.05) is 13.1 Å². The summed E-state index contributed by atoms with van der Waals surface area (Å²) in [5.74, 6) is 0.0303. The summed E-state index contributed by atoms with van der Waals surface area (Å²) in [5.41, 5.74) is 0.514. The first-order chi connectivity index (χ1) is 9.45. The van der Waals surface area contributed by atoms with Crippen LogP contribution in [0.1, 0.15) is 50.4 Å². The molecule has 2 nitrogen and oxygen atoms in total. The minimum absolute atomic E-state index is 0.0303. The maximum Gasteiger partial charge on any atom is 0.178 e. The van der Waals surface area contributed by atoms with Crippen molar-refractivity contribution >= 4 is 29.0 Å². The number of Topliss-reactive ketones (excluding diaryl/α,β-unsaturated/α-hetero) is 1. The van der Waals surface area contributed by atoms with Gasteiger partial charge in [0.25, 0.3) is 0 Å². The van der Waals surface area contributed by atoms with Crippen LogP contribution < -0.4 is 0 Å². The van der Waals surface area contributed by atoms with Crippen molar-refractivity contribution in [3.05, 3.63) is 33.8 Å². The SMILES string of the molecule is CCCCCN(CC(=O)c1cc(Cl)ccc1Cl)C(C)C. The molecular formula is C16H23Cl2NO. The maximum absolute atomic E-state index is 12.4. The molecule has 0 radical (unpaired) electrons. The van der Waals surface area contributed by atoms with E-state index in [0.29, 0.717) is 28.2 Å². The second kappa shape index (κ2) is 8.66. The molecule has 0 bridgehead atoms. The van der Waals surface area contributed by atoms with Crippen LogP contribution in [0.4, 0.5) is 0 Å². The number of rotatable bonds is 8. The summed E-state index contributed by atoms with van der Waals surface area (Å²) in [7, 11) is 0. The van der Waals surface area contributed by atoms with Gasteiger partial charge in [-0.05, 0) is 45.0 Å². The summed E-state index contributed by atoms with van der Waals surface area (Å²) >= 11 is 12.0. The Balaban J connectivity index is 2.72. The third-order valence-corrected chi connectivity index (χ3v) is 3.92. The van der Waals surface area contributed by atoms with Crippen molar-refractivity contribution in [3.63, 3.8) is 0 Å². The van der Waals surface area contributed by atoms with Crippen molar-refractivity contribution in [1.82, 2.24) is 4.90 Å². The molecule has 0 atom stereocenters. The molecule has 0 aliphatic rings. The van der Waals surface area contributed by atoms with Crippen molar-refractivity contribution in [2.24, 2.45) is 0 Å². The molecule has 0 amide bonds. The predicted octanol–water partition coefficient (Wildman–Crippen LogP) is 5.08. The van der Waals surface area contributed by atoms with Crippen LogP contribution in [0.3, 0.4) is 0 Å². The van der Waals surface area contributed by atoms with Gasteiger partial charge in [0.15, 0.2) is 5.78 Å². The summed E-state index contributed by atoms with van der Waals surface area (Å²) in [5, 5.41) is 1.01. The molecule has 1 aromatic carbocycles. The van der Waals surface area contributed by atoms with Crippen LogP contribution in [0.5, 0.6) is 0 Å². The Morgan fingerprint density at radius 3 is 2.55 bits per heavy atom. The lowest BCUT2D eigenvalue weighted by molar-refractivity contribution is 0.0904. The summed E-state index contributed by atoms with van der Waals surface area (Å²) in [6, 6.07) is 5.36. The fraction of sp³-hybridized carbons (Fsp3) is 0.562. The smallest absolute Gasteiger partial charge is 0.178 e. The fourth-order valence-electron chi connectivity index (χ4n) is 2.07. The Bertz CT molecular complexity index is 446. The Morgan fingerprint density at radius 2 is 1.95 bits per heavy atom. The molecule has 0 unspecified atom stereocenters. The zero-order valence-corrected chi connectivity index (χ0v) is 14.0. The largest absolute Gasteiger partial charge is 0.293 e. The van der Waals surface area contributed by atoms with Gasteiger partial charge in [-0.15, -0.1) is 0 Å². The number of hydrogen-bond donors (Lipinski definition) is 0. The van der Waals surface area contributed by atoms with Crippen LogP contribution >= 0.6 is 23.2 Å². The van der Waals surface area contributed by atoms with E-state index in [9.17, 15) is 4.79 Å². The molecule has 0 spiro atoms. The van der Waals surface area contributed by atoms with Gasteiger partial charge in [0.1, 0.15) is 0 Å². The normalized spacial score (nSPS) is 11.3. The molecule has 20 heavy (non-hydrogen) atoms. The first-order valence-electron chi connectivity index (χ1n) is 7.18. The summed E-state index contributed by atoms with van der Waals surface area (Å²) in [6.45, 7) is 7.73. The molecule has 0 saturated heterocycles. The van der Waals surface area contributed by atoms with Crippen molar-refractivity contribution in [2.45, 2.75) is 46.1 Å². The third-order valence-electron chi connectivity index (χ3n) is 3.35. The number of unbranched alkanes of at least 4 members (excludes halogenated alkanes) is 2. The van der Waals surface area contributed by atoms with Crippen LogP contribution in [0.2, 0.25) is 10.0 Å². The van der Waals surface area contributed by atoms with Crippen LogP contribution in [0.15, 0.2) is 18.2 Å². The highest BCUT2D eigenvalue weighted by Crippen LogP contribution is 2.21. The first-order valence-corrected chi connectivity index (χ1v) is 7.93. The first kappa shape index (κ1) is 17.5.